The summed E-state index contributed by atoms with van der Waals surface area (Å²) in [5, 5.41) is 6.59. The summed E-state index contributed by atoms with van der Waals surface area (Å²) in [4.78, 5) is 49.2. The maximum absolute atomic E-state index is 11.9. The summed E-state index contributed by atoms with van der Waals surface area (Å²) in [7, 11) is 1.05. The molecule has 118 valence electrons. The van der Waals surface area contributed by atoms with Crippen molar-refractivity contribution in [3.63, 3.8) is 0 Å². The van der Waals surface area contributed by atoms with Gasteiger partial charge < -0.3 is 20.2 Å². The van der Waals surface area contributed by atoms with Gasteiger partial charge in [0, 0.05) is 5.56 Å². The van der Waals surface area contributed by atoms with E-state index in [1.807, 2.05) is 0 Å². The fourth-order valence-corrected chi connectivity index (χ4v) is 1.47. The second kappa shape index (κ2) is 8.35. The van der Waals surface area contributed by atoms with E-state index in [9.17, 15) is 19.3 Å². The van der Waals surface area contributed by atoms with Crippen LogP contribution in [0.15, 0.2) is 35.7 Å². The first kappa shape index (κ1) is 17.1. The molecule has 2 atom stereocenters. The lowest BCUT2D eigenvalue weighted by atomic mass is 10.2. The molecule has 1 aromatic carbocycles. The Hall–Kier alpha value is -2.97. The van der Waals surface area contributed by atoms with Gasteiger partial charge in [-0.1, -0.05) is 18.2 Å². The topological polar surface area (TPSA) is 123 Å². The molecule has 0 fully saturated rings. The first-order valence-corrected chi connectivity index (χ1v) is 6.22. The van der Waals surface area contributed by atoms with Crippen LogP contribution in [0.25, 0.3) is 0 Å². The number of nitrogens with zero attached hydrogens (tertiary/aromatic N) is 1. The van der Waals surface area contributed by atoms with Gasteiger partial charge in [-0.15, -0.1) is 4.91 Å². The van der Waals surface area contributed by atoms with Crippen molar-refractivity contribution in [1.29, 1.82) is 0 Å². The van der Waals surface area contributed by atoms with Crippen molar-refractivity contribution in [2.75, 3.05) is 7.11 Å². The molecule has 0 radical (unpaired) electrons. The fourth-order valence-electron chi connectivity index (χ4n) is 1.47. The van der Waals surface area contributed by atoms with Gasteiger partial charge in [0.05, 0.1) is 7.11 Å². The van der Waals surface area contributed by atoms with Gasteiger partial charge in [0.1, 0.15) is 6.04 Å². The van der Waals surface area contributed by atoms with E-state index >= 15 is 0 Å². The maximum atomic E-state index is 11.9. The lowest BCUT2D eigenvalue weighted by Gasteiger charge is -2.17. The van der Waals surface area contributed by atoms with Gasteiger partial charge >= 0.3 is 12.2 Å². The van der Waals surface area contributed by atoms with Gasteiger partial charge in [-0.25, -0.2) is 4.79 Å². The van der Waals surface area contributed by atoms with Gasteiger partial charge in [-0.05, 0) is 19.1 Å². The average molecular weight is 309 g/mol. The largest absolute Gasteiger partial charge is 0.465 e. The minimum atomic E-state index is -1.67. The average Bonchev–Trinajstić information content (AvgIpc) is 2.54. The Morgan fingerprint density at radius 2 is 1.77 bits per heavy atom. The summed E-state index contributed by atoms with van der Waals surface area (Å²) in [5.74, 6) is -2.22. The van der Waals surface area contributed by atoms with Crippen LogP contribution in [0.5, 0.6) is 0 Å². The molecule has 0 saturated carbocycles. The number of hydrogen-bond donors (Lipinski definition) is 2. The normalized spacial score (nSPS) is 12.5. The molecule has 0 aliphatic carbocycles. The van der Waals surface area contributed by atoms with Crippen molar-refractivity contribution in [1.82, 2.24) is 10.6 Å². The number of carbonyl (C=O) groups excluding carboxylic acids is 3. The summed E-state index contributed by atoms with van der Waals surface area (Å²) in [6.07, 6.45) is -1.67. The zero-order chi connectivity index (χ0) is 16.5. The van der Waals surface area contributed by atoms with Crippen LogP contribution >= 0.6 is 0 Å². The van der Waals surface area contributed by atoms with E-state index in [1.165, 1.54) is 6.92 Å². The van der Waals surface area contributed by atoms with E-state index in [-0.39, 0.29) is 0 Å². The summed E-state index contributed by atoms with van der Waals surface area (Å²) < 4.78 is 4.33. The van der Waals surface area contributed by atoms with E-state index < -0.39 is 30.1 Å². The second-order valence-corrected chi connectivity index (χ2v) is 4.15. The lowest BCUT2D eigenvalue weighted by Crippen LogP contribution is -2.51. The van der Waals surface area contributed by atoms with Crippen LogP contribution in [-0.2, 0) is 19.2 Å². The Bertz CT molecular complexity index is 548. The van der Waals surface area contributed by atoms with Crippen LogP contribution in [-0.4, -0.2) is 37.2 Å². The molecular weight excluding hydrogens is 294 g/mol. The Balaban J connectivity index is 2.62. The van der Waals surface area contributed by atoms with Crippen molar-refractivity contribution >= 4 is 17.8 Å². The molecule has 0 unspecified atom stereocenters. The van der Waals surface area contributed by atoms with Gasteiger partial charge in [0.2, 0.25) is 5.91 Å². The number of esters is 1. The molecule has 22 heavy (non-hydrogen) atoms. The minimum absolute atomic E-state index is 0.373. The number of rotatable bonds is 7. The first-order valence-electron chi connectivity index (χ1n) is 6.22. The molecule has 0 aliphatic heterocycles. The first-order chi connectivity index (χ1) is 10.5. The molecule has 0 bridgehead atoms. The predicted molar refractivity (Wildman–Crippen MR) is 74.2 cm³/mol. The molecular formula is C13H15N3O6. The summed E-state index contributed by atoms with van der Waals surface area (Å²) >= 11 is 0. The van der Waals surface area contributed by atoms with Gasteiger partial charge in [0.15, 0.2) is 5.34 Å². The number of nitrogens with one attached hydrogen (secondary N) is 2. The smallest absolute Gasteiger partial charge is 0.371 e. The zero-order valence-electron chi connectivity index (χ0n) is 11.9. The zero-order valence-corrected chi connectivity index (χ0v) is 11.9. The van der Waals surface area contributed by atoms with E-state index in [0.717, 1.165) is 7.11 Å². The Morgan fingerprint density at radius 1 is 1.14 bits per heavy atom. The molecule has 9 nitrogen and oxygen atoms in total. The monoisotopic (exact) mass is 309 g/mol. The number of amides is 2. The van der Waals surface area contributed by atoms with Gasteiger partial charge in [-0.3, -0.25) is 9.59 Å². The van der Waals surface area contributed by atoms with E-state index in [2.05, 4.69) is 25.5 Å². The number of benzene rings is 1. The number of methoxy groups -OCH3 is 1. The molecule has 9 heteroatoms. The Kier molecular flexibility index (Phi) is 6.48. The molecule has 1 aromatic rings. The molecule has 1 rings (SSSR count). The fraction of sp³-hybridized carbons (Fsp3) is 0.308. The third-order valence-corrected chi connectivity index (χ3v) is 2.61. The molecule has 2 N–H and O–H groups in total. The van der Waals surface area contributed by atoms with Crippen LogP contribution < -0.4 is 10.6 Å². The third kappa shape index (κ3) is 4.85. The van der Waals surface area contributed by atoms with E-state index in [1.54, 1.807) is 30.3 Å². The highest BCUT2D eigenvalue weighted by Crippen LogP contribution is 1.99. The van der Waals surface area contributed by atoms with Crippen LogP contribution in [0.3, 0.4) is 0 Å². The molecule has 2 amide bonds. The van der Waals surface area contributed by atoms with Crippen molar-refractivity contribution in [2.45, 2.75) is 19.2 Å². The quantitative estimate of drug-likeness (QED) is 0.319. The van der Waals surface area contributed by atoms with Crippen molar-refractivity contribution in [3.05, 3.63) is 40.8 Å². The predicted octanol–water partition coefficient (Wildman–Crippen LogP) is 0.118. The number of carbonyl (C=O) groups is 3. The molecule has 0 aromatic heterocycles. The van der Waals surface area contributed by atoms with Crippen molar-refractivity contribution < 1.29 is 24.0 Å². The van der Waals surface area contributed by atoms with Gasteiger partial charge in [0.25, 0.3) is 5.91 Å². The summed E-state index contributed by atoms with van der Waals surface area (Å²) in [6.45, 7) is 1.40. The molecule has 0 saturated heterocycles. The SMILES string of the molecule is COC(=O)[C@@H](NC(=O)[C@H](C)NC(=O)c1ccccc1)ON=O. The Labute approximate surface area is 125 Å². The molecule has 0 spiro atoms. The highest BCUT2D eigenvalue weighted by molar-refractivity contribution is 5.97. The van der Waals surface area contributed by atoms with Gasteiger partial charge in [-0.2, -0.15) is 0 Å². The lowest BCUT2D eigenvalue weighted by molar-refractivity contribution is -0.159. The Morgan fingerprint density at radius 3 is 2.32 bits per heavy atom. The highest BCUT2D eigenvalue weighted by Gasteiger charge is 2.27. The number of ether oxygens (including phenoxy) is 1. The minimum Gasteiger partial charge on any atom is -0.465 e. The van der Waals surface area contributed by atoms with Crippen molar-refractivity contribution in [3.8, 4) is 0 Å². The molecule has 0 aliphatic rings. The summed E-state index contributed by atoms with van der Waals surface area (Å²) in [5.41, 5.74) is 0.373. The van der Waals surface area contributed by atoms with E-state index in [0.29, 0.717) is 5.56 Å². The maximum Gasteiger partial charge on any atom is 0.371 e. The van der Waals surface area contributed by atoms with Crippen LogP contribution in [0, 0.1) is 4.91 Å². The summed E-state index contributed by atoms with van der Waals surface area (Å²) in [6, 6.07) is 7.29. The van der Waals surface area contributed by atoms with Crippen molar-refractivity contribution in [2.24, 2.45) is 5.34 Å². The highest BCUT2D eigenvalue weighted by atomic mass is 16.7. The van der Waals surface area contributed by atoms with Crippen LogP contribution in [0.4, 0.5) is 0 Å². The standard InChI is InChI=1S/C13H15N3O6/c1-8(14-11(18)9-6-4-3-5-7-9)10(17)15-12(22-16-20)13(19)21-2/h3-8,12H,1-2H3,(H,14,18)(H,15,17)/t8-,12-/m0/s1. The van der Waals surface area contributed by atoms with Crippen LogP contribution in [0.2, 0.25) is 0 Å². The number of hydrogen-bond acceptors (Lipinski definition) is 7. The van der Waals surface area contributed by atoms with E-state index in [4.69, 9.17) is 0 Å². The molecule has 0 heterocycles. The van der Waals surface area contributed by atoms with Crippen LogP contribution in [0.1, 0.15) is 17.3 Å². The third-order valence-electron chi connectivity index (χ3n) is 2.61. The second-order valence-electron chi connectivity index (χ2n) is 4.15.